The smallest absolute Gasteiger partial charge is 0.265 e. The first-order valence-corrected chi connectivity index (χ1v) is 8.26. The van der Waals surface area contributed by atoms with Gasteiger partial charge in [-0.2, -0.15) is 10.2 Å². The molecule has 0 aromatic carbocycles. The molecule has 0 unspecified atom stereocenters. The summed E-state index contributed by atoms with van der Waals surface area (Å²) in [5.74, 6) is 0. The summed E-state index contributed by atoms with van der Waals surface area (Å²) < 4.78 is 29.2. The maximum atomic E-state index is 12.5. The van der Waals surface area contributed by atoms with E-state index >= 15 is 0 Å². The summed E-state index contributed by atoms with van der Waals surface area (Å²) in [6, 6.07) is 0. The van der Waals surface area contributed by atoms with Crippen molar-refractivity contribution in [2.45, 2.75) is 38.8 Å². The van der Waals surface area contributed by atoms with Crippen LogP contribution in [0.5, 0.6) is 0 Å². The number of H-pyrrole nitrogens is 1. The van der Waals surface area contributed by atoms with Crippen molar-refractivity contribution in [2.24, 2.45) is 0 Å². The van der Waals surface area contributed by atoms with Crippen molar-refractivity contribution in [1.82, 2.24) is 25.3 Å². The van der Waals surface area contributed by atoms with E-state index in [4.69, 9.17) is 0 Å². The molecule has 0 aliphatic heterocycles. The highest BCUT2D eigenvalue weighted by molar-refractivity contribution is 7.92. The van der Waals surface area contributed by atoms with Crippen molar-refractivity contribution in [3.63, 3.8) is 0 Å². The van der Waals surface area contributed by atoms with Crippen LogP contribution in [0.1, 0.15) is 25.2 Å². The molecule has 0 saturated heterocycles. The number of hydrogen-bond donors (Lipinski definition) is 3. The lowest BCUT2D eigenvalue weighted by Crippen LogP contribution is -2.18. The predicted molar refractivity (Wildman–Crippen MR) is 79.4 cm³/mol. The number of sulfonamides is 1. The molecule has 0 amide bonds. The van der Waals surface area contributed by atoms with E-state index in [-0.39, 0.29) is 4.90 Å². The molecule has 2 aromatic heterocycles. The summed E-state index contributed by atoms with van der Waals surface area (Å²) in [5.41, 5.74) is 1.43. The van der Waals surface area contributed by atoms with Crippen LogP contribution < -0.4 is 10.0 Å². The molecule has 0 aliphatic carbocycles. The maximum absolute atomic E-state index is 12.5. The van der Waals surface area contributed by atoms with Gasteiger partial charge in [0.2, 0.25) is 0 Å². The van der Waals surface area contributed by atoms with Gasteiger partial charge in [-0.25, -0.2) is 8.42 Å². The summed E-state index contributed by atoms with van der Waals surface area (Å²) in [4.78, 5) is 0.188. The number of rotatable bonds is 7. The Morgan fingerprint density at radius 2 is 2.14 bits per heavy atom. The normalized spacial score (nSPS) is 11.8. The summed E-state index contributed by atoms with van der Waals surface area (Å²) in [6.07, 6.45) is 3.14. The Hall–Kier alpha value is -1.87. The standard InChI is InChI=1S/C12H20N6O2S/c1-4-13-7-11-12(9(3)15-16-11)21(19,20)17-10-6-14-18(5-2)8-10/h6,8,13,17H,4-5,7H2,1-3H3,(H,15,16). The number of aromatic nitrogens is 4. The van der Waals surface area contributed by atoms with Crippen molar-refractivity contribution >= 4 is 15.7 Å². The molecule has 0 bridgehead atoms. The first-order valence-electron chi connectivity index (χ1n) is 6.77. The second-order valence-corrected chi connectivity index (χ2v) is 6.21. The monoisotopic (exact) mass is 312 g/mol. The van der Waals surface area contributed by atoms with Crippen molar-refractivity contribution in [3.8, 4) is 0 Å². The number of aryl methyl sites for hydroxylation is 2. The fourth-order valence-corrected chi connectivity index (χ4v) is 3.38. The van der Waals surface area contributed by atoms with Crippen LogP contribution in [0.25, 0.3) is 0 Å². The fraction of sp³-hybridized carbons (Fsp3) is 0.500. The largest absolute Gasteiger partial charge is 0.311 e. The van der Waals surface area contributed by atoms with E-state index in [1.807, 2.05) is 13.8 Å². The van der Waals surface area contributed by atoms with Gasteiger partial charge in [0, 0.05) is 19.3 Å². The molecule has 3 N–H and O–H groups in total. The zero-order chi connectivity index (χ0) is 15.5. The van der Waals surface area contributed by atoms with Crippen LogP contribution in [0.15, 0.2) is 17.3 Å². The first-order chi connectivity index (χ1) is 9.97. The van der Waals surface area contributed by atoms with Crippen LogP contribution >= 0.6 is 0 Å². The molecule has 0 fully saturated rings. The summed E-state index contributed by atoms with van der Waals surface area (Å²) >= 11 is 0. The lowest BCUT2D eigenvalue weighted by molar-refractivity contribution is 0.597. The minimum absolute atomic E-state index is 0.188. The molecule has 0 atom stereocenters. The summed E-state index contributed by atoms with van der Waals surface area (Å²) in [7, 11) is -3.69. The first kappa shape index (κ1) is 15.5. The van der Waals surface area contributed by atoms with Crippen molar-refractivity contribution in [3.05, 3.63) is 23.8 Å². The molecule has 9 heteroatoms. The van der Waals surface area contributed by atoms with Crippen molar-refractivity contribution in [1.29, 1.82) is 0 Å². The van der Waals surface area contributed by atoms with Crippen LogP contribution in [-0.2, 0) is 23.1 Å². The fourth-order valence-electron chi connectivity index (χ4n) is 1.98. The molecule has 116 valence electrons. The van der Waals surface area contributed by atoms with Crippen LogP contribution in [-0.4, -0.2) is 34.9 Å². The van der Waals surface area contributed by atoms with Crippen LogP contribution in [0.2, 0.25) is 0 Å². The quantitative estimate of drug-likeness (QED) is 0.703. The minimum atomic E-state index is -3.69. The Kier molecular flexibility index (Phi) is 4.63. The predicted octanol–water partition coefficient (Wildman–Crippen LogP) is 0.845. The van der Waals surface area contributed by atoms with Gasteiger partial charge in [-0.15, -0.1) is 0 Å². The number of aromatic amines is 1. The average Bonchev–Trinajstić information content (AvgIpc) is 3.02. The second kappa shape index (κ2) is 6.27. The number of anilines is 1. The van der Waals surface area contributed by atoms with Gasteiger partial charge in [-0.3, -0.25) is 14.5 Å². The number of nitrogens with zero attached hydrogens (tertiary/aromatic N) is 3. The zero-order valence-corrected chi connectivity index (χ0v) is 13.2. The minimum Gasteiger partial charge on any atom is -0.311 e. The molecule has 2 rings (SSSR count). The van der Waals surface area contributed by atoms with Gasteiger partial charge in [0.1, 0.15) is 4.90 Å². The summed E-state index contributed by atoms with van der Waals surface area (Å²) in [6.45, 7) is 7.38. The van der Waals surface area contributed by atoms with Crippen molar-refractivity contribution < 1.29 is 8.42 Å². The summed E-state index contributed by atoms with van der Waals surface area (Å²) in [5, 5.41) is 13.9. The van der Waals surface area contributed by atoms with E-state index < -0.39 is 10.0 Å². The third-order valence-corrected chi connectivity index (χ3v) is 4.57. The Morgan fingerprint density at radius 3 is 2.76 bits per heavy atom. The lowest BCUT2D eigenvalue weighted by atomic mass is 10.3. The Balaban J connectivity index is 2.28. The third-order valence-electron chi connectivity index (χ3n) is 2.98. The molecular weight excluding hydrogens is 292 g/mol. The molecule has 0 aliphatic rings. The lowest BCUT2D eigenvalue weighted by Gasteiger charge is -2.07. The molecular formula is C12H20N6O2S. The Bertz CT molecular complexity index is 703. The molecule has 0 saturated carbocycles. The average molecular weight is 312 g/mol. The maximum Gasteiger partial charge on any atom is 0.265 e. The van der Waals surface area contributed by atoms with E-state index in [2.05, 4.69) is 25.3 Å². The van der Waals surface area contributed by atoms with E-state index in [1.54, 1.807) is 17.8 Å². The number of hydrogen-bond acceptors (Lipinski definition) is 5. The third kappa shape index (κ3) is 3.42. The van der Waals surface area contributed by atoms with Crippen LogP contribution in [0.3, 0.4) is 0 Å². The highest BCUT2D eigenvalue weighted by Gasteiger charge is 2.24. The molecule has 8 nitrogen and oxygen atoms in total. The van der Waals surface area contributed by atoms with E-state index in [1.165, 1.54) is 6.20 Å². The van der Waals surface area contributed by atoms with E-state index in [9.17, 15) is 8.42 Å². The van der Waals surface area contributed by atoms with Crippen LogP contribution in [0.4, 0.5) is 5.69 Å². The van der Waals surface area contributed by atoms with Gasteiger partial charge in [0.15, 0.2) is 0 Å². The van der Waals surface area contributed by atoms with Gasteiger partial charge in [-0.1, -0.05) is 6.92 Å². The molecule has 21 heavy (non-hydrogen) atoms. The Labute approximate surface area is 124 Å². The highest BCUT2D eigenvalue weighted by Crippen LogP contribution is 2.21. The topological polar surface area (TPSA) is 105 Å². The second-order valence-electron chi connectivity index (χ2n) is 4.59. The van der Waals surface area contributed by atoms with Crippen molar-refractivity contribution in [2.75, 3.05) is 11.3 Å². The number of nitrogens with one attached hydrogen (secondary N) is 3. The van der Waals surface area contributed by atoms with Gasteiger partial charge in [-0.05, 0) is 20.4 Å². The van der Waals surface area contributed by atoms with Gasteiger partial charge >= 0.3 is 0 Å². The van der Waals surface area contributed by atoms with Crippen LogP contribution in [0, 0.1) is 6.92 Å². The Morgan fingerprint density at radius 1 is 1.38 bits per heavy atom. The molecule has 2 heterocycles. The zero-order valence-electron chi connectivity index (χ0n) is 12.3. The highest BCUT2D eigenvalue weighted by atomic mass is 32.2. The SMILES string of the molecule is CCNCc1n[nH]c(C)c1S(=O)(=O)Nc1cnn(CC)c1. The van der Waals surface area contributed by atoms with E-state index in [0.717, 1.165) is 6.54 Å². The van der Waals surface area contributed by atoms with Gasteiger partial charge < -0.3 is 5.32 Å². The van der Waals surface area contributed by atoms with Gasteiger partial charge in [0.05, 0.1) is 23.3 Å². The van der Waals surface area contributed by atoms with E-state index in [0.29, 0.717) is 30.2 Å². The molecule has 0 spiro atoms. The molecule has 0 radical (unpaired) electrons. The molecule has 2 aromatic rings. The van der Waals surface area contributed by atoms with Gasteiger partial charge in [0.25, 0.3) is 10.0 Å².